The van der Waals surface area contributed by atoms with Gasteiger partial charge in [0.1, 0.15) is 0 Å². The van der Waals surface area contributed by atoms with E-state index in [-0.39, 0.29) is 24.7 Å². The molecule has 0 aromatic carbocycles. The lowest BCUT2D eigenvalue weighted by atomic mass is 9.85. The summed E-state index contributed by atoms with van der Waals surface area (Å²) >= 11 is 1.54. The van der Waals surface area contributed by atoms with E-state index in [0.29, 0.717) is 18.1 Å². The molecule has 2 heterocycles. The average molecular weight is 351 g/mol. The van der Waals surface area contributed by atoms with Gasteiger partial charge in [-0.15, -0.1) is 0 Å². The van der Waals surface area contributed by atoms with E-state index in [0.717, 1.165) is 5.56 Å². The number of carbonyl (C=O) groups is 2. The molecule has 0 aliphatic rings. The second-order valence-electron chi connectivity index (χ2n) is 6.21. The molecule has 0 spiro atoms. The van der Waals surface area contributed by atoms with Crippen LogP contribution in [0.3, 0.4) is 0 Å². The number of amides is 1. The first-order chi connectivity index (χ1) is 11.3. The second kappa shape index (κ2) is 7.57. The van der Waals surface area contributed by atoms with Crippen LogP contribution in [0.25, 0.3) is 11.4 Å². The third kappa shape index (κ3) is 4.64. The molecule has 0 aliphatic carbocycles. The molecular weight excluding hydrogens is 330 g/mol. The molecule has 0 fully saturated rings. The zero-order valence-electron chi connectivity index (χ0n) is 13.9. The van der Waals surface area contributed by atoms with Crippen molar-refractivity contribution >= 4 is 23.2 Å². The number of aliphatic carboxylic acids is 1. The van der Waals surface area contributed by atoms with Crippen LogP contribution in [0.2, 0.25) is 0 Å². The smallest absolute Gasteiger partial charge is 0.305 e. The van der Waals surface area contributed by atoms with Crippen molar-refractivity contribution in [2.75, 3.05) is 0 Å². The van der Waals surface area contributed by atoms with Crippen molar-refractivity contribution in [1.29, 1.82) is 0 Å². The standard InChI is InChI=1S/C16H21N3O4S/c1-10(2)16(3,8-14(21)22)18-12(20)4-5-13-17-15(19-23-13)11-6-7-24-9-11/h6-7,9-10H,4-5,8H2,1-3H3,(H,18,20)(H,21,22). The normalized spacial score (nSPS) is 13.7. The van der Waals surface area contributed by atoms with Crippen LogP contribution >= 0.6 is 11.3 Å². The van der Waals surface area contributed by atoms with Gasteiger partial charge in [0.25, 0.3) is 0 Å². The van der Waals surface area contributed by atoms with Gasteiger partial charge >= 0.3 is 5.97 Å². The fourth-order valence-corrected chi connectivity index (χ4v) is 2.81. The third-order valence-corrected chi connectivity index (χ3v) is 4.71. The number of thiophene rings is 1. The Morgan fingerprint density at radius 3 is 2.79 bits per heavy atom. The number of aryl methyl sites for hydroxylation is 1. The maximum Gasteiger partial charge on any atom is 0.305 e. The molecule has 0 radical (unpaired) electrons. The lowest BCUT2D eigenvalue weighted by Gasteiger charge is -2.33. The number of rotatable bonds is 8. The molecule has 7 nitrogen and oxygen atoms in total. The molecule has 0 saturated carbocycles. The van der Waals surface area contributed by atoms with E-state index in [1.807, 2.05) is 30.7 Å². The van der Waals surface area contributed by atoms with Crippen LogP contribution in [0.1, 0.15) is 39.5 Å². The van der Waals surface area contributed by atoms with E-state index in [2.05, 4.69) is 15.5 Å². The van der Waals surface area contributed by atoms with Crippen molar-refractivity contribution in [3.05, 3.63) is 22.7 Å². The number of carbonyl (C=O) groups excluding carboxylic acids is 1. The Balaban J connectivity index is 1.92. The van der Waals surface area contributed by atoms with E-state index in [1.165, 1.54) is 0 Å². The SMILES string of the molecule is CC(C)C(C)(CC(=O)O)NC(=O)CCc1nc(-c2ccsc2)no1. The minimum atomic E-state index is -0.941. The van der Waals surface area contributed by atoms with Gasteiger partial charge in [-0.3, -0.25) is 9.59 Å². The molecule has 130 valence electrons. The first-order valence-corrected chi connectivity index (χ1v) is 8.62. The van der Waals surface area contributed by atoms with Crippen molar-refractivity contribution in [2.45, 2.75) is 45.6 Å². The van der Waals surface area contributed by atoms with Crippen LogP contribution in [-0.2, 0) is 16.0 Å². The highest BCUT2D eigenvalue weighted by Gasteiger charge is 2.32. The highest BCUT2D eigenvalue weighted by Crippen LogP contribution is 2.22. The molecule has 2 aromatic rings. The van der Waals surface area contributed by atoms with E-state index in [1.54, 1.807) is 18.3 Å². The fraction of sp³-hybridized carbons (Fsp3) is 0.500. The highest BCUT2D eigenvalue weighted by atomic mass is 32.1. The largest absolute Gasteiger partial charge is 0.481 e. The Hall–Kier alpha value is -2.22. The highest BCUT2D eigenvalue weighted by molar-refractivity contribution is 7.08. The summed E-state index contributed by atoms with van der Waals surface area (Å²) in [6.07, 6.45) is 0.344. The molecule has 8 heteroatoms. The number of aromatic nitrogens is 2. The Kier molecular flexibility index (Phi) is 5.71. The van der Waals surface area contributed by atoms with Crippen molar-refractivity contribution in [3.63, 3.8) is 0 Å². The summed E-state index contributed by atoms with van der Waals surface area (Å²) in [5.41, 5.74) is 0.0906. The molecule has 2 N–H and O–H groups in total. The molecule has 0 bridgehead atoms. The number of carboxylic acids is 1. The molecular formula is C16H21N3O4S. The lowest BCUT2D eigenvalue weighted by Crippen LogP contribution is -2.51. The Bertz CT molecular complexity index is 696. The van der Waals surface area contributed by atoms with E-state index < -0.39 is 11.5 Å². The minimum absolute atomic E-state index is 0.00820. The molecule has 1 unspecified atom stereocenters. The summed E-state index contributed by atoms with van der Waals surface area (Å²) in [6.45, 7) is 5.51. The van der Waals surface area contributed by atoms with Crippen LogP contribution < -0.4 is 5.32 Å². The van der Waals surface area contributed by atoms with Crippen molar-refractivity contribution in [2.24, 2.45) is 5.92 Å². The van der Waals surface area contributed by atoms with E-state index >= 15 is 0 Å². The fourth-order valence-electron chi connectivity index (χ4n) is 2.17. The summed E-state index contributed by atoms with van der Waals surface area (Å²) in [6, 6.07) is 1.89. The van der Waals surface area contributed by atoms with Gasteiger partial charge in [-0.2, -0.15) is 16.3 Å². The first kappa shape index (κ1) is 18.1. The van der Waals surface area contributed by atoms with Crippen LogP contribution in [0, 0.1) is 5.92 Å². The number of carboxylic acid groups (broad SMARTS) is 1. The summed E-state index contributed by atoms with van der Waals surface area (Å²) in [4.78, 5) is 27.4. The Morgan fingerprint density at radius 2 is 2.21 bits per heavy atom. The first-order valence-electron chi connectivity index (χ1n) is 7.68. The minimum Gasteiger partial charge on any atom is -0.481 e. The monoisotopic (exact) mass is 351 g/mol. The van der Waals surface area contributed by atoms with Gasteiger partial charge in [-0.1, -0.05) is 19.0 Å². The van der Waals surface area contributed by atoms with Crippen molar-refractivity contribution < 1.29 is 19.2 Å². The van der Waals surface area contributed by atoms with Crippen LogP contribution in [0.15, 0.2) is 21.3 Å². The zero-order chi connectivity index (χ0) is 17.7. The molecule has 2 rings (SSSR count). The lowest BCUT2D eigenvalue weighted by molar-refractivity contribution is -0.139. The van der Waals surface area contributed by atoms with E-state index in [9.17, 15) is 9.59 Å². The molecule has 1 amide bonds. The van der Waals surface area contributed by atoms with Gasteiger partial charge in [0.2, 0.25) is 17.6 Å². The molecule has 24 heavy (non-hydrogen) atoms. The summed E-state index contributed by atoms with van der Waals surface area (Å²) in [5, 5.41) is 19.6. The maximum atomic E-state index is 12.2. The average Bonchev–Trinajstić information content (AvgIpc) is 3.15. The van der Waals surface area contributed by atoms with Crippen molar-refractivity contribution in [3.8, 4) is 11.4 Å². The van der Waals surface area contributed by atoms with Crippen LogP contribution in [0.5, 0.6) is 0 Å². The summed E-state index contributed by atoms with van der Waals surface area (Å²) in [5.74, 6) is -0.293. The zero-order valence-corrected chi connectivity index (χ0v) is 14.7. The number of hydrogen-bond donors (Lipinski definition) is 2. The quantitative estimate of drug-likeness (QED) is 0.757. The molecule has 0 aliphatic heterocycles. The predicted molar refractivity (Wildman–Crippen MR) is 89.6 cm³/mol. The Morgan fingerprint density at radius 1 is 1.46 bits per heavy atom. The van der Waals surface area contributed by atoms with Gasteiger partial charge in [0, 0.05) is 29.3 Å². The molecule has 0 saturated heterocycles. The summed E-state index contributed by atoms with van der Waals surface area (Å²) in [7, 11) is 0. The molecule has 1 atom stereocenters. The van der Waals surface area contributed by atoms with Gasteiger partial charge in [-0.05, 0) is 24.3 Å². The third-order valence-electron chi connectivity index (χ3n) is 4.03. The van der Waals surface area contributed by atoms with Gasteiger partial charge in [0.05, 0.1) is 6.42 Å². The van der Waals surface area contributed by atoms with E-state index in [4.69, 9.17) is 9.63 Å². The number of nitrogens with one attached hydrogen (secondary N) is 1. The topological polar surface area (TPSA) is 105 Å². The van der Waals surface area contributed by atoms with Gasteiger partial charge in [0.15, 0.2) is 0 Å². The van der Waals surface area contributed by atoms with Crippen LogP contribution in [0.4, 0.5) is 0 Å². The van der Waals surface area contributed by atoms with Crippen LogP contribution in [-0.4, -0.2) is 32.7 Å². The summed E-state index contributed by atoms with van der Waals surface area (Å²) < 4.78 is 5.15. The van der Waals surface area contributed by atoms with Gasteiger partial charge < -0.3 is 14.9 Å². The second-order valence-corrected chi connectivity index (χ2v) is 6.99. The Labute approximate surface area is 144 Å². The van der Waals surface area contributed by atoms with Gasteiger partial charge in [-0.25, -0.2) is 0 Å². The number of hydrogen-bond acceptors (Lipinski definition) is 6. The predicted octanol–water partition coefficient (Wildman–Crippen LogP) is 2.74. The maximum absolute atomic E-state index is 12.2. The molecule has 2 aromatic heterocycles. The van der Waals surface area contributed by atoms with Crippen molar-refractivity contribution in [1.82, 2.24) is 15.5 Å². The number of nitrogens with zero attached hydrogens (tertiary/aromatic N) is 2.